The number of rotatable bonds is 5. The van der Waals surface area contributed by atoms with Gasteiger partial charge in [-0.2, -0.15) is 0 Å². The van der Waals surface area contributed by atoms with Crippen molar-refractivity contribution in [3.63, 3.8) is 0 Å². The van der Waals surface area contributed by atoms with Gasteiger partial charge in [-0.3, -0.25) is 24.6 Å². The van der Waals surface area contributed by atoms with Crippen molar-refractivity contribution in [1.82, 2.24) is 19.9 Å². The van der Waals surface area contributed by atoms with Crippen molar-refractivity contribution in [3.8, 4) is 11.3 Å². The molecule has 0 spiro atoms. The summed E-state index contributed by atoms with van der Waals surface area (Å²) < 4.78 is 18.9. The normalized spacial score (nSPS) is 22.0. The summed E-state index contributed by atoms with van der Waals surface area (Å²) in [7, 11) is 0. The lowest BCUT2D eigenvalue weighted by Gasteiger charge is -2.43. The number of Topliss-reactive ketones (excluding diaryl/α,β-unsaturated/α-hetero) is 1. The first-order valence-corrected chi connectivity index (χ1v) is 10.4. The number of morpholine rings is 1. The highest BCUT2D eigenvalue weighted by atomic mass is 19.1. The van der Waals surface area contributed by atoms with Gasteiger partial charge in [0.15, 0.2) is 0 Å². The van der Waals surface area contributed by atoms with E-state index in [4.69, 9.17) is 4.74 Å². The van der Waals surface area contributed by atoms with Crippen LogP contribution >= 0.6 is 0 Å². The van der Waals surface area contributed by atoms with Crippen molar-refractivity contribution < 1.29 is 13.9 Å². The number of carbonyl (C=O) groups excluding carboxylic acids is 1. The second-order valence-electron chi connectivity index (χ2n) is 8.10. The number of aromatic nitrogens is 3. The smallest absolute Gasteiger partial charge is 0.142 e. The molecule has 0 amide bonds. The Morgan fingerprint density at radius 3 is 2.63 bits per heavy atom. The van der Waals surface area contributed by atoms with Crippen LogP contribution in [0.3, 0.4) is 0 Å². The molecular formula is C23H23FN4O2. The Hall–Kier alpha value is -2.77. The van der Waals surface area contributed by atoms with Gasteiger partial charge >= 0.3 is 0 Å². The van der Waals surface area contributed by atoms with E-state index in [0.29, 0.717) is 23.7 Å². The van der Waals surface area contributed by atoms with Crippen molar-refractivity contribution >= 4 is 16.6 Å². The van der Waals surface area contributed by atoms with E-state index in [-0.39, 0.29) is 11.7 Å². The predicted molar refractivity (Wildman–Crippen MR) is 110 cm³/mol. The van der Waals surface area contributed by atoms with Gasteiger partial charge in [-0.05, 0) is 36.4 Å². The second-order valence-corrected chi connectivity index (χ2v) is 8.10. The highest BCUT2D eigenvalue weighted by Crippen LogP contribution is 2.33. The van der Waals surface area contributed by atoms with Gasteiger partial charge in [-0.1, -0.05) is 0 Å². The molecule has 0 aromatic carbocycles. The molecule has 1 aliphatic heterocycles. The lowest BCUT2D eigenvalue weighted by molar-refractivity contribution is -0.127. The molecule has 2 fully saturated rings. The van der Waals surface area contributed by atoms with Gasteiger partial charge < -0.3 is 4.74 Å². The summed E-state index contributed by atoms with van der Waals surface area (Å²) in [5, 5.41) is 1.82. The summed E-state index contributed by atoms with van der Waals surface area (Å²) in [6, 6.07) is 5.75. The van der Waals surface area contributed by atoms with Crippen LogP contribution < -0.4 is 0 Å². The number of nitrogens with zero attached hydrogens (tertiary/aromatic N) is 4. The van der Waals surface area contributed by atoms with Crippen molar-refractivity contribution in [2.24, 2.45) is 5.92 Å². The average molecular weight is 406 g/mol. The number of halogens is 1. The Morgan fingerprint density at radius 2 is 1.83 bits per heavy atom. The molecule has 3 aromatic heterocycles. The molecule has 0 bridgehead atoms. The third kappa shape index (κ3) is 3.95. The topological polar surface area (TPSA) is 68.2 Å². The predicted octanol–water partition coefficient (Wildman–Crippen LogP) is 3.05. The lowest BCUT2D eigenvalue weighted by atomic mass is 9.75. The van der Waals surface area contributed by atoms with Crippen LogP contribution in [0.15, 0.2) is 43.0 Å². The molecule has 7 heteroatoms. The van der Waals surface area contributed by atoms with E-state index in [1.807, 2.05) is 12.1 Å². The summed E-state index contributed by atoms with van der Waals surface area (Å²) in [4.78, 5) is 27.9. The maximum absolute atomic E-state index is 13.5. The van der Waals surface area contributed by atoms with E-state index < -0.39 is 5.82 Å². The minimum absolute atomic E-state index is 0.127. The molecule has 0 N–H and O–H groups in total. The minimum Gasteiger partial charge on any atom is -0.379 e. The van der Waals surface area contributed by atoms with Gasteiger partial charge in [-0.25, -0.2) is 4.39 Å². The number of hydrogen-bond acceptors (Lipinski definition) is 6. The molecule has 6 nitrogen and oxygen atoms in total. The van der Waals surface area contributed by atoms with Crippen LogP contribution in [0, 0.1) is 11.7 Å². The third-order valence-electron chi connectivity index (χ3n) is 6.15. The van der Waals surface area contributed by atoms with Crippen molar-refractivity contribution in [3.05, 3.63) is 54.5 Å². The molecule has 1 saturated heterocycles. The first-order valence-electron chi connectivity index (χ1n) is 10.4. The summed E-state index contributed by atoms with van der Waals surface area (Å²) in [6.07, 6.45) is 8.44. The minimum atomic E-state index is -0.397. The molecule has 4 heterocycles. The van der Waals surface area contributed by atoms with Crippen molar-refractivity contribution in [2.45, 2.75) is 25.3 Å². The average Bonchev–Trinajstić information content (AvgIpc) is 2.73. The Labute approximate surface area is 174 Å². The molecular weight excluding hydrogens is 383 g/mol. The van der Waals surface area contributed by atoms with E-state index in [2.05, 4.69) is 19.9 Å². The number of ketones is 1. The van der Waals surface area contributed by atoms with Gasteiger partial charge in [0, 0.05) is 66.7 Å². The number of carbonyl (C=O) groups is 1. The number of fused-ring (bicyclic) bond motifs is 1. The number of pyridine rings is 3. The van der Waals surface area contributed by atoms with Crippen LogP contribution in [0.5, 0.6) is 0 Å². The number of hydrogen-bond donors (Lipinski definition) is 0. The molecule has 1 aliphatic carbocycles. The molecule has 5 rings (SSSR count). The van der Waals surface area contributed by atoms with Gasteiger partial charge in [0.25, 0.3) is 0 Å². The van der Waals surface area contributed by atoms with E-state index in [0.717, 1.165) is 55.6 Å². The van der Waals surface area contributed by atoms with Crippen LogP contribution in [0.4, 0.5) is 4.39 Å². The molecule has 1 saturated carbocycles. The summed E-state index contributed by atoms with van der Waals surface area (Å²) >= 11 is 0. The molecule has 3 aromatic rings. The molecule has 154 valence electrons. The standard InChI is InChI=1S/C23H23FN4O2/c24-19-5-17(11-25-14-19)22-9-15-6-20(26-12-18(15)13-27-22)10-23(29)16-7-21(8-16)28-1-3-30-4-2-28/h5-6,9,11-14,16,21H,1-4,7-8,10H2. The highest BCUT2D eigenvalue weighted by Gasteiger charge is 2.38. The van der Waals surface area contributed by atoms with Crippen LogP contribution in [0.2, 0.25) is 0 Å². The first-order chi connectivity index (χ1) is 14.7. The Kier molecular flexibility index (Phi) is 5.23. The van der Waals surface area contributed by atoms with Crippen molar-refractivity contribution in [1.29, 1.82) is 0 Å². The maximum atomic E-state index is 13.5. The highest BCUT2D eigenvalue weighted by molar-refractivity contribution is 5.87. The number of ether oxygens (including phenoxy) is 1. The molecule has 30 heavy (non-hydrogen) atoms. The fourth-order valence-corrected chi connectivity index (χ4v) is 4.30. The molecule has 0 atom stereocenters. The molecule has 2 aliphatic rings. The van der Waals surface area contributed by atoms with Crippen LogP contribution in [0.25, 0.3) is 22.0 Å². The zero-order chi connectivity index (χ0) is 20.5. The van der Waals surface area contributed by atoms with Crippen LogP contribution in [-0.4, -0.2) is 58.0 Å². The lowest BCUT2D eigenvalue weighted by Crippen LogP contribution is -2.51. The molecule has 0 unspecified atom stereocenters. The quantitative estimate of drug-likeness (QED) is 0.649. The monoisotopic (exact) mass is 406 g/mol. The van der Waals surface area contributed by atoms with Gasteiger partial charge in [-0.15, -0.1) is 0 Å². The molecule has 0 radical (unpaired) electrons. The fraction of sp³-hybridized carbons (Fsp3) is 0.391. The van der Waals surface area contributed by atoms with Gasteiger partial charge in [0.1, 0.15) is 11.6 Å². The third-order valence-corrected chi connectivity index (χ3v) is 6.15. The largest absolute Gasteiger partial charge is 0.379 e. The SMILES string of the molecule is O=C(Cc1cc2cc(-c3cncc(F)c3)ncc2cn1)C1CC(N2CCOCC2)C1. The zero-order valence-electron chi connectivity index (χ0n) is 16.6. The van der Waals surface area contributed by atoms with Crippen molar-refractivity contribution in [2.75, 3.05) is 26.3 Å². The van der Waals surface area contributed by atoms with E-state index in [9.17, 15) is 9.18 Å². The van der Waals surface area contributed by atoms with Gasteiger partial charge in [0.2, 0.25) is 0 Å². The Morgan fingerprint density at radius 1 is 1.03 bits per heavy atom. The van der Waals surface area contributed by atoms with Crippen LogP contribution in [-0.2, 0) is 16.0 Å². The van der Waals surface area contributed by atoms with E-state index in [1.54, 1.807) is 18.6 Å². The Bertz CT molecular complexity index is 1080. The fourth-order valence-electron chi connectivity index (χ4n) is 4.30. The van der Waals surface area contributed by atoms with Gasteiger partial charge in [0.05, 0.1) is 25.1 Å². The zero-order valence-corrected chi connectivity index (χ0v) is 16.6. The van der Waals surface area contributed by atoms with E-state index in [1.165, 1.54) is 12.3 Å². The maximum Gasteiger partial charge on any atom is 0.142 e. The van der Waals surface area contributed by atoms with E-state index >= 15 is 0 Å². The summed E-state index contributed by atoms with van der Waals surface area (Å²) in [5.74, 6) is -0.0111. The summed E-state index contributed by atoms with van der Waals surface area (Å²) in [6.45, 7) is 3.52. The summed E-state index contributed by atoms with van der Waals surface area (Å²) in [5.41, 5.74) is 2.03. The Balaban J connectivity index is 1.27. The second kappa shape index (κ2) is 8.16. The van der Waals surface area contributed by atoms with Crippen LogP contribution in [0.1, 0.15) is 18.5 Å². The first kappa shape index (κ1) is 19.2.